The number of fused-ring (bicyclic) bond motifs is 1. The Labute approximate surface area is 135 Å². The van der Waals surface area contributed by atoms with E-state index in [0.717, 1.165) is 11.1 Å². The second kappa shape index (κ2) is 5.17. The molecular weight excluding hydrogens is 306 g/mol. The number of nitrogens with one attached hydrogen (secondary N) is 1. The molecule has 0 aliphatic carbocycles. The summed E-state index contributed by atoms with van der Waals surface area (Å²) >= 11 is 0. The van der Waals surface area contributed by atoms with Crippen molar-refractivity contribution in [3.63, 3.8) is 0 Å². The molecule has 0 aliphatic rings. The molecule has 24 heavy (non-hydrogen) atoms. The number of rotatable bonds is 2. The highest BCUT2D eigenvalue weighted by Crippen LogP contribution is 2.23. The van der Waals surface area contributed by atoms with E-state index in [9.17, 15) is 4.79 Å². The van der Waals surface area contributed by atoms with Crippen LogP contribution in [0.1, 0.15) is 11.3 Å². The van der Waals surface area contributed by atoms with Crippen LogP contribution < -0.4 is 5.56 Å². The summed E-state index contributed by atoms with van der Waals surface area (Å²) in [6.45, 7) is 1.65. The van der Waals surface area contributed by atoms with Crippen LogP contribution >= 0.6 is 0 Å². The van der Waals surface area contributed by atoms with E-state index in [0.29, 0.717) is 17.2 Å². The third kappa shape index (κ3) is 1.99. The number of aromatic nitrogens is 6. The summed E-state index contributed by atoms with van der Waals surface area (Å²) in [4.78, 5) is 20.9. The van der Waals surface area contributed by atoms with Gasteiger partial charge in [-0.1, -0.05) is 6.07 Å². The molecule has 0 amide bonds. The molecule has 0 atom stereocenters. The number of H-pyrrole nitrogens is 1. The third-order valence-electron chi connectivity index (χ3n) is 3.73. The summed E-state index contributed by atoms with van der Waals surface area (Å²) in [5.74, 6) is 0.691. The molecule has 8 heteroatoms. The van der Waals surface area contributed by atoms with Crippen LogP contribution in [-0.4, -0.2) is 29.4 Å². The number of hydrogen-bond acceptors (Lipinski definition) is 5. The van der Waals surface area contributed by atoms with Crippen molar-refractivity contribution in [3.05, 3.63) is 64.6 Å². The van der Waals surface area contributed by atoms with Crippen molar-refractivity contribution in [2.24, 2.45) is 0 Å². The van der Waals surface area contributed by atoms with Crippen LogP contribution in [0.15, 0.2) is 47.8 Å². The van der Waals surface area contributed by atoms with E-state index in [1.165, 1.54) is 4.52 Å². The molecule has 4 aromatic heterocycles. The summed E-state index contributed by atoms with van der Waals surface area (Å²) < 4.78 is 2.91. The van der Waals surface area contributed by atoms with Crippen molar-refractivity contribution < 1.29 is 0 Å². The Kier molecular flexibility index (Phi) is 2.99. The van der Waals surface area contributed by atoms with Gasteiger partial charge in [0.2, 0.25) is 0 Å². The zero-order valence-electron chi connectivity index (χ0n) is 12.6. The molecular formula is C16H11N7O. The topological polar surface area (TPSA) is 105 Å². The van der Waals surface area contributed by atoms with Crippen LogP contribution in [0.2, 0.25) is 0 Å². The highest BCUT2D eigenvalue weighted by molar-refractivity contribution is 5.76. The van der Waals surface area contributed by atoms with Crippen molar-refractivity contribution in [2.75, 3.05) is 0 Å². The minimum absolute atomic E-state index is 0.0325. The van der Waals surface area contributed by atoms with Crippen molar-refractivity contribution in [1.29, 1.82) is 5.26 Å². The zero-order valence-corrected chi connectivity index (χ0v) is 12.6. The largest absolute Gasteiger partial charge is 0.296 e. The summed E-state index contributed by atoms with van der Waals surface area (Å²) in [6.07, 6.45) is 6.85. The Morgan fingerprint density at radius 3 is 2.96 bits per heavy atom. The minimum atomic E-state index is -0.414. The van der Waals surface area contributed by atoms with Gasteiger partial charge in [-0.3, -0.25) is 9.89 Å². The molecule has 0 spiro atoms. The van der Waals surface area contributed by atoms with Gasteiger partial charge < -0.3 is 0 Å². The van der Waals surface area contributed by atoms with E-state index in [1.807, 2.05) is 30.5 Å². The van der Waals surface area contributed by atoms with E-state index >= 15 is 0 Å². The average molecular weight is 317 g/mol. The minimum Gasteiger partial charge on any atom is -0.296 e. The van der Waals surface area contributed by atoms with Gasteiger partial charge >= 0.3 is 0 Å². The Morgan fingerprint density at radius 2 is 2.21 bits per heavy atom. The number of aryl methyl sites for hydroxylation is 1. The number of aromatic amines is 1. The molecule has 0 fully saturated rings. The molecule has 0 unspecified atom stereocenters. The van der Waals surface area contributed by atoms with Gasteiger partial charge in [0.1, 0.15) is 11.6 Å². The lowest BCUT2D eigenvalue weighted by molar-refractivity contribution is 0.847. The molecule has 4 aromatic rings. The molecule has 116 valence electrons. The van der Waals surface area contributed by atoms with Gasteiger partial charge in [-0.2, -0.15) is 14.9 Å². The fourth-order valence-electron chi connectivity index (χ4n) is 2.54. The van der Waals surface area contributed by atoms with E-state index in [4.69, 9.17) is 5.26 Å². The molecule has 4 heterocycles. The first-order valence-corrected chi connectivity index (χ1v) is 7.16. The summed E-state index contributed by atoms with van der Waals surface area (Å²) in [5, 5.41) is 16.2. The third-order valence-corrected chi connectivity index (χ3v) is 3.73. The SMILES string of the molecule is Cc1nc2c(-c3cnn(-c4ccccn4)c3)c[nH]n2c(=O)c1C#N. The lowest BCUT2D eigenvalue weighted by Gasteiger charge is -2.00. The molecule has 0 aromatic carbocycles. The van der Waals surface area contributed by atoms with Crippen molar-refractivity contribution in [2.45, 2.75) is 6.92 Å². The molecule has 0 radical (unpaired) electrons. The molecule has 0 saturated carbocycles. The summed E-state index contributed by atoms with van der Waals surface area (Å²) in [6, 6.07) is 7.45. The summed E-state index contributed by atoms with van der Waals surface area (Å²) in [5.41, 5.74) is 1.99. The van der Waals surface area contributed by atoms with E-state index in [2.05, 4.69) is 20.2 Å². The van der Waals surface area contributed by atoms with Gasteiger partial charge in [-0.05, 0) is 19.1 Å². The first-order chi connectivity index (χ1) is 11.7. The van der Waals surface area contributed by atoms with Crippen LogP contribution in [0, 0.1) is 18.3 Å². The average Bonchev–Trinajstić information content (AvgIpc) is 3.22. The van der Waals surface area contributed by atoms with Crippen molar-refractivity contribution in [1.82, 2.24) is 29.4 Å². The van der Waals surface area contributed by atoms with Gasteiger partial charge in [-0.25, -0.2) is 14.6 Å². The summed E-state index contributed by atoms with van der Waals surface area (Å²) in [7, 11) is 0. The van der Waals surface area contributed by atoms with Crippen LogP contribution in [0.4, 0.5) is 0 Å². The predicted octanol–water partition coefficient (Wildman–Crippen LogP) is 1.45. The van der Waals surface area contributed by atoms with Gasteiger partial charge in [0.05, 0.1) is 11.9 Å². The lowest BCUT2D eigenvalue weighted by Crippen LogP contribution is -2.19. The number of hydrogen-bond donors (Lipinski definition) is 1. The van der Waals surface area contributed by atoms with Gasteiger partial charge in [-0.15, -0.1) is 0 Å². The van der Waals surface area contributed by atoms with E-state index in [1.54, 1.807) is 30.2 Å². The Balaban J connectivity index is 1.88. The quantitative estimate of drug-likeness (QED) is 0.602. The zero-order chi connectivity index (χ0) is 16.7. The van der Waals surface area contributed by atoms with E-state index < -0.39 is 5.56 Å². The van der Waals surface area contributed by atoms with Gasteiger partial charge in [0.25, 0.3) is 5.56 Å². The molecule has 1 N–H and O–H groups in total. The standard InChI is InChI=1S/C16H11N7O/c1-10-12(6-17)16(24)23-15(21-10)13(8-20-23)11-7-19-22(9-11)14-4-2-3-5-18-14/h2-5,7-9,20H,1H3. The highest BCUT2D eigenvalue weighted by Gasteiger charge is 2.15. The van der Waals surface area contributed by atoms with Gasteiger partial charge in [0, 0.05) is 29.7 Å². The maximum atomic E-state index is 12.3. The van der Waals surface area contributed by atoms with Crippen LogP contribution in [0.25, 0.3) is 22.6 Å². The molecule has 8 nitrogen and oxygen atoms in total. The number of pyridine rings is 1. The van der Waals surface area contributed by atoms with Crippen LogP contribution in [-0.2, 0) is 0 Å². The number of nitrogens with zero attached hydrogens (tertiary/aromatic N) is 6. The fourth-order valence-corrected chi connectivity index (χ4v) is 2.54. The fraction of sp³-hybridized carbons (Fsp3) is 0.0625. The van der Waals surface area contributed by atoms with Crippen molar-refractivity contribution >= 4 is 5.65 Å². The Bertz CT molecular complexity index is 1140. The molecule has 0 bridgehead atoms. The second-order valence-corrected chi connectivity index (χ2v) is 5.20. The molecule has 0 saturated heterocycles. The molecule has 4 rings (SSSR count). The smallest absolute Gasteiger partial charge is 0.290 e. The van der Waals surface area contributed by atoms with Crippen LogP contribution in [0.5, 0.6) is 0 Å². The lowest BCUT2D eigenvalue weighted by atomic mass is 10.2. The first-order valence-electron chi connectivity index (χ1n) is 7.16. The number of nitriles is 1. The Hall–Kier alpha value is -3.73. The maximum Gasteiger partial charge on any atom is 0.290 e. The first kappa shape index (κ1) is 13.9. The second-order valence-electron chi connectivity index (χ2n) is 5.20. The van der Waals surface area contributed by atoms with Crippen molar-refractivity contribution in [3.8, 4) is 23.0 Å². The normalized spacial score (nSPS) is 10.8. The maximum absolute atomic E-state index is 12.3. The van der Waals surface area contributed by atoms with E-state index in [-0.39, 0.29) is 5.56 Å². The highest BCUT2D eigenvalue weighted by atomic mass is 16.1. The molecule has 0 aliphatic heterocycles. The predicted molar refractivity (Wildman–Crippen MR) is 85.6 cm³/mol. The monoisotopic (exact) mass is 317 g/mol. The Morgan fingerprint density at radius 1 is 1.33 bits per heavy atom. The van der Waals surface area contributed by atoms with Gasteiger partial charge in [0.15, 0.2) is 11.5 Å². The van der Waals surface area contributed by atoms with Crippen LogP contribution in [0.3, 0.4) is 0 Å².